The van der Waals surface area contributed by atoms with Crippen molar-refractivity contribution < 1.29 is 19.4 Å². The van der Waals surface area contributed by atoms with Crippen LogP contribution >= 0.6 is 0 Å². The first kappa shape index (κ1) is 23.9. The average Bonchev–Trinajstić information content (AvgIpc) is 3.26. The van der Waals surface area contributed by atoms with Crippen LogP contribution in [0.1, 0.15) is 53.7 Å². The summed E-state index contributed by atoms with van der Waals surface area (Å²) in [4.78, 5) is 27.7. The molecule has 3 atom stereocenters. The highest BCUT2D eigenvalue weighted by Crippen LogP contribution is 2.32. The summed E-state index contributed by atoms with van der Waals surface area (Å²) < 4.78 is 6.58. The van der Waals surface area contributed by atoms with Gasteiger partial charge in [0.2, 0.25) is 0 Å². The Bertz CT molecular complexity index is 1110. The molecule has 1 aliphatic heterocycles. The quantitative estimate of drug-likeness (QED) is 0.461. The Balaban J connectivity index is 1.66. The van der Waals surface area contributed by atoms with Gasteiger partial charge in [-0.15, -0.1) is 0 Å². The Labute approximate surface area is 199 Å². The topological polar surface area (TPSA) is 96.7 Å². The van der Waals surface area contributed by atoms with Gasteiger partial charge >= 0.3 is 5.97 Å². The zero-order valence-corrected chi connectivity index (χ0v) is 19.9. The molecule has 8 nitrogen and oxygen atoms in total. The fraction of sp³-hybridized carbons (Fsp3) is 0.423. The van der Waals surface area contributed by atoms with E-state index in [1.165, 1.54) is 10.7 Å². The molecular formula is C26H32N4O4. The molecule has 0 radical (unpaired) electrons. The molecule has 1 aromatic carbocycles. The summed E-state index contributed by atoms with van der Waals surface area (Å²) in [6.07, 6.45) is 6.04. The number of fused-ring (bicyclic) bond motifs is 1. The third-order valence-corrected chi connectivity index (χ3v) is 6.66. The predicted octanol–water partition coefficient (Wildman–Crippen LogP) is 2.90. The number of aromatic nitrogens is 2. The summed E-state index contributed by atoms with van der Waals surface area (Å²) in [6, 6.07) is 11.3. The van der Waals surface area contributed by atoms with Crippen LogP contribution in [-0.4, -0.2) is 56.6 Å². The SMILES string of the molecule is CCOC(=O)c1cc2n(n1)CC(C)(C(O)NCc1ccccc1)N(CC1=CC=CCC1C)C2=O. The number of carbonyl (C=O) groups is 2. The Morgan fingerprint density at radius 3 is 2.82 bits per heavy atom. The molecule has 3 unspecified atom stereocenters. The Morgan fingerprint density at radius 2 is 2.12 bits per heavy atom. The molecule has 4 rings (SSSR count). The Hall–Kier alpha value is -3.23. The standard InChI is InChI=1S/C26H32N4O4/c1-4-34-24(32)21-14-22-23(31)29(16-20-13-9-8-10-18(20)2)26(3,17-30(22)28-21)25(33)27-15-19-11-6-5-7-12-19/h5-9,11-14,18,25,27,33H,4,10,15-17H2,1-3H3. The second-order valence-corrected chi connectivity index (χ2v) is 9.12. The number of nitrogens with zero attached hydrogens (tertiary/aromatic N) is 3. The number of ether oxygens (including phenoxy) is 1. The van der Waals surface area contributed by atoms with E-state index in [0.717, 1.165) is 17.6 Å². The molecule has 8 heteroatoms. The molecule has 0 fully saturated rings. The van der Waals surface area contributed by atoms with Crippen LogP contribution < -0.4 is 5.32 Å². The molecule has 0 saturated heterocycles. The lowest BCUT2D eigenvalue weighted by Gasteiger charge is -2.48. The van der Waals surface area contributed by atoms with Gasteiger partial charge in [-0.2, -0.15) is 5.10 Å². The first-order valence-electron chi connectivity index (χ1n) is 11.7. The van der Waals surface area contributed by atoms with E-state index in [-0.39, 0.29) is 24.8 Å². The lowest BCUT2D eigenvalue weighted by molar-refractivity contribution is -0.0458. The van der Waals surface area contributed by atoms with Gasteiger partial charge in [-0.05, 0) is 37.3 Å². The first-order valence-corrected chi connectivity index (χ1v) is 11.7. The highest BCUT2D eigenvalue weighted by molar-refractivity contribution is 5.97. The van der Waals surface area contributed by atoms with Crippen molar-refractivity contribution in [3.05, 3.63) is 77.2 Å². The minimum Gasteiger partial charge on any atom is -0.461 e. The van der Waals surface area contributed by atoms with Crippen LogP contribution in [0.4, 0.5) is 0 Å². The van der Waals surface area contributed by atoms with E-state index in [1.54, 1.807) is 11.8 Å². The van der Waals surface area contributed by atoms with Gasteiger partial charge in [0.05, 0.1) is 18.7 Å². The third kappa shape index (κ3) is 4.69. The van der Waals surface area contributed by atoms with Gasteiger partial charge in [-0.25, -0.2) is 4.79 Å². The molecule has 2 aliphatic rings. The zero-order valence-electron chi connectivity index (χ0n) is 19.9. The maximum Gasteiger partial charge on any atom is 0.358 e. The lowest BCUT2D eigenvalue weighted by atomic mass is 9.88. The predicted molar refractivity (Wildman–Crippen MR) is 128 cm³/mol. The largest absolute Gasteiger partial charge is 0.461 e. The number of carbonyl (C=O) groups excluding carboxylic acids is 2. The zero-order chi connectivity index (χ0) is 24.3. The second-order valence-electron chi connectivity index (χ2n) is 9.12. The van der Waals surface area contributed by atoms with Gasteiger partial charge < -0.3 is 14.7 Å². The van der Waals surface area contributed by atoms with Crippen LogP contribution in [0, 0.1) is 5.92 Å². The number of amides is 1. The number of allylic oxidation sites excluding steroid dienone is 3. The number of nitrogens with one attached hydrogen (secondary N) is 1. The number of benzene rings is 1. The molecular weight excluding hydrogens is 432 g/mol. The van der Waals surface area contributed by atoms with Crippen LogP contribution in [0.5, 0.6) is 0 Å². The van der Waals surface area contributed by atoms with Crippen molar-refractivity contribution in [3.63, 3.8) is 0 Å². The number of esters is 1. The van der Waals surface area contributed by atoms with E-state index in [1.807, 2.05) is 49.4 Å². The van der Waals surface area contributed by atoms with Crippen LogP contribution in [0.25, 0.3) is 0 Å². The Morgan fingerprint density at radius 1 is 1.35 bits per heavy atom. The van der Waals surface area contributed by atoms with Crippen LogP contribution in [0.3, 0.4) is 0 Å². The molecule has 1 aromatic heterocycles. The summed E-state index contributed by atoms with van der Waals surface area (Å²) in [6.45, 7) is 6.99. The molecule has 2 heterocycles. The minimum absolute atomic E-state index is 0.0920. The Kier molecular flexibility index (Phi) is 7.00. The molecule has 1 aliphatic carbocycles. The van der Waals surface area contributed by atoms with E-state index >= 15 is 0 Å². The average molecular weight is 465 g/mol. The minimum atomic E-state index is -1.03. The highest BCUT2D eigenvalue weighted by atomic mass is 16.5. The molecule has 2 aromatic rings. The maximum atomic E-state index is 13.7. The van der Waals surface area contributed by atoms with E-state index in [2.05, 4.69) is 23.4 Å². The molecule has 0 bridgehead atoms. The van der Waals surface area contributed by atoms with E-state index in [4.69, 9.17) is 4.74 Å². The fourth-order valence-electron chi connectivity index (χ4n) is 4.47. The molecule has 2 N–H and O–H groups in total. The second kappa shape index (κ2) is 9.95. The third-order valence-electron chi connectivity index (χ3n) is 6.66. The monoisotopic (exact) mass is 464 g/mol. The number of aliphatic hydroxyl groups is 1. The maximum absolute atomic E-state index is 13.7. The van der Waals surface area contributed by atoms with Gasteiger partial charge in [-0.3, -0.25) is 14.8 Å². The summed E-state index contributed by atoms with van der Waals surface area (Å²) in [5.41, 5.74) is 1.55. The summed E-state index contributed by atoms with van der Waals surface area (Å²) in [7, 11) is 0. The van der Waals surface area contributed by atoms with Gasteiger partial charge in [0.25, 0.3) is 5.91 Å². The van der Waals surface area contributed by atoms with Crippen LogP contribution in [-0.2, 0) is 17.8 Å². The normalized spacial score (nSPS) is 22.8. The van der Waals surface area contributed by atoms with Crippen molar-refractivity contribution in [2.75, 3.05) is 13.2 Å². The number of aliphatic hydroxyl groups excluding tert-OH is 1. The van der Waals surface area contributed by atoms with E-state index in [0.29, 0.717) is 24.7 Å². The van der Waals surface area contributed by atoms with E-state index < -0.39 is 17.7 Å². The fourth-order valence-corrected chi connectivity index (χ4v) is 4.47. The number of rotatable bonds is 8. The van der Waals surface area contributed by atoms with Crippen molar-refractivity contribution >= 4 is 11.9 Å². The first-order chi connectivity index (χ1) is 16.3. The van der Waals surface area contributed by atoms with Gasteiger partial charge in [0.1, 0.15) is 11.9 Å². The molecule has 0 spiro atoms. The summed E-state index contributed by atoms with van der Waals surface area (Å²) in [5.74, 6) is -0.555. The summed E-state index contributed by atoms with van der Waals surface area (Å²) >= 11 is 0. The smallest absolute Gasteiger partial charge is 0.358 e. The van der Waals surface area contributed by atoms with E-state index in [9.17, 15) is 14.7 Å². The van der Waals surface area contributed by atoms with Crippen molar-refractivity contribution in [1.29, 1.82) is 0 Å². The molecule has 0 saturated carbocycles. The molecule has 180 valence electrons. The van der Waals surface area contributed by atoms with Crippen LogP contribution in [0.2, 0.25) is 0 Å². The van der Waals surface area contributed by atoms with Crippen LogP contribution in [0.15, 0.2) is 60.2 Å². The van der Waals surface area contributed by atoms with Gasteiger partial charge in [0, 0.05) is 19.2 Å². The van der Waals surface area contributed by atoms with Crippen molar-refractivity contribution in [1.82, 2.24) is 20.0 Å². The summed E-state index contributed by atoms with van der Waals surface area (Å²) in [5, 5.41) is 18.9. The highest BCUT2D eigenvalue weighted by Gasteiger charge is 2.48. The molecule has 1 amide bonds. The van der Waals surface area contributed by atoms with Crippen molar-refractivity contribution in [2.45, 2.75) is 52.0 Å². The number of hydrogen-bond acceptors (Lipinski definition) is 6. The van der Waals surface area contributed by atoms with Crippen molar-refractivity contribution in [3.8, 4) is 0 Å². The lowest BCUT2D eigenvalue weighted by Crippen LogP contribution is -2.66. The van der Waals surface area contributed by atoms with Gasteiger partial charge in [-0.1, -0.05) is 55.5 Å². The van der Waals surface area contributed by atoms with Gasteiger partial charge in [0.15, 0.2) is 5.69 Å². The van der Waals surface area contributed by atoms with Crippen molar-refractivity contribution in [2.24, 2.45) is 5.92 Å². The number of hydrogen-bond donors (Lipinski definition) is 2. The molecule has 34 heavy (non-hydrogen) atoms.